The fourth-order valence-electron chi connectivity index (χ4n) is 11.5. The minimum atomic E-state index is -0.0870. The van der Waals surface area contributed by atoms with Gasteiger partial charge >= 0.3 is 0 Å². The molecule has 0 heterocycles. The van der Waals surface area contributed by atoms with Gasteiger partial charge in [-0.2, -0.15) is 0 Å². The van der Waals surface area contributed by atoms with E-state index in [2.05, 4.69) is 276 Å². The number of rotatable bonds is 6. The van der Waals surface area contributed by atoms with Gasteiger partial charge in [-0.3, -0.25) is 0 Å². The molecule has 0 bridgehead atoms. The van der Waals surface area contributed by atoms with Gasteiger partial charge in [0.05, 0.1) is 0 Å². The van der Waals surface area contributed by atoms with Crippen LogP contribution in [0.5, 0.6) is 0 Å². The fourth-order valence-corrected chi connectivity index (χ4v) is 12.6. The summed E-state index contributed by atoms with van der Waals surface area (Å²) in [7, 11) is 0. The molecule has 0 radical (unpaired) electrons. The molecule has 0 saturated heterocycles. The van der Waals surface area contributed by atoms with Crippen LogP contribution in [0, 0.1) is 0 Å². The highest BCUT2D eigenvalue weighted by Crippen LogP contribution is 2.53. The largest absolute Gasteiger partial charge is 0.311 e. The van der Waals surface area contributed by atoms with Gasteiger partial charge in [-0.25, -0.2) is 0 Å². The van der Waals surface area contributed by atoms with Gasteiger partial charge in [0.1, 0.15) is 0 Å². The Morgan fingerprint density at radius 1 is 0.254 bits per heavy atom. The Morgan fingerprint density at radius 3 is 0.716 bits per heavy atom. The van der Waals surface area contributed by atoms with Crippen LogP contribution in [0.15, 0.2) is 195 Å². The van der Waals surface area contributed by atoms with Gasteiger partial charge < -0.3 is 4.90 Å². The van der Waals surface area contributed by atoms with Gasteiger partial charge in [0.2, 0.25) is 0 Å². The molecule has 1 nitrogen and oxygen atoms in total. The summed E-state index contributed by atoms with van der Waals surface area (Å²) in [5.41, 5.74) is 26.6. The van der Waals surface area contributed by atoms with E-state index in [9.17, 15) is 0 Å². The van der Waals surface area contributed by atoms with E-state index in [1.165, 1.54) is 100 Å². The van der Waals surface area contributed by atoms with E-state index in [0.29, 0.717) is 0 Å². The smallest absolute Gasteiger partial charge is 0.0462 e. The van der Waals surface area contributed by atoms with E-state index in [1.807, 2.05) is 0 Å². The predicted molar refractivity (Wildman–Crippen MR) is 293 cm³/mol. The van der Waals surface area contributed by atoms with Gasteiger partial charge in [0.15, 0.2) is 0 Å². The van der Waals surface area contributed by atoms with Gasteiger partial charge in [0, 0.05) is 46.7 Å². The van der Waals surface area contributed by atoms with Crippen molar-refractivity contribution in [1.82, 2.24) is 0 Å². The average Bonchev–Trinajstić information content (AvgIpc) is 3.80. The lowest BCUT2D eigenvalue weighted by atomic mass is 9.81. The third kappa shape index (κ3) is 6.72. The van der Waals surface area contributed by atoms with Gasteiger partial charge in [-0.05, 0) is 191 Å². The predicted octanol–water partition coefficient (Wildman–Crippen LogP) is 19.4. The van der Waals surface area contributed by atoms with Gasteiger partial charge in [0.25, 0.3) is 0 Å². The lowest BCUT2D eigenvalue weighted by Crippen LogP contribution is -2.15. The molecule has 0 unspecified atom stereocenters. The van der Waals surface area contributed by atoms with Crippen LogP contribution in [0.25, 0.3) is 66.8 Å². The molecule has 0 amide bonds. The first-order chi connectivity index (χ1) is 32.2. The second-order valence-electron chi connectivity index (χ2n) is 20.2. The first-order valence-electron chi connectivity index (χ1n) is 23.1. The summed E-state index contributed by atoms with van der Waals surface area (Å²) >= 11 is 11.2. The Kier molecular flexibility index (Phi) is 9.76. The van der Waals surface area contributed by atoms with E-state index in [1.54, 1.807) is 0 Å². The maximum Gasteiger partial charge on any atom is 0.0462 e. The normalized spacial score (nSPS) is 15.0. The van der Waals surface area contributed by atoms with Crippen LogP contribution in [0.4, 0.5) is 17.1 Å². The number of fused-ring (bicyclic) bond motifs is 9. The molecule has 0 atom stereocenters. The molecule has 0 fully saturated rings. The topological polar surface area (TPSA) is 3.24 Å². The summed E-state index contributed by atoms with van der Waals surface area (Å²) in [5, 5.41) is 0. The number of benzene rings is 9. The number of halogens is 3. The van der Waals surface area contributed by atoms with Crippen LogP contribution < -0.4 is 4.90 Å². The van der Waals surface area contributed by atoms with Crippen LogP contribution >= 0.6 is 47.8 Å². The summed E-state index contributed by atoms with van der Waals surface area (Å²) < 4.78 is 3.36. The average molecular weight is 1060 g/mol. The van der Waals surface area contributed by atoms with Crippen molar-refractivity contribution in [1.29, 1.82) is 0 Å². The zero-order valence-electron chi connectivity index (χ0n) is 38.4. The van der Waals surface area contributed by atoms with Crippen molar-refractivity contribution in [2.45, 2.75) is 57.8 Å². The standard InChI is InChI=1S/C63H48Br3N/c1-61(2)55-31-40(13-25-49(55)52-28-16-43(64)34-58(52)61)37-7-19-46(20-8-37)67(47-21-9-38(10-22-47)41-14-26-50-53-29-17-44(65)35-59(53)62(3,4)56(50)32-41)48-23-11-39(12-24-48)42-15-27-51-54-30-18-45(66)36-60(54)63(5,6)57(51)33-42/h7-36H,1-6H3. The van der Waals surface area contributed by atoms with E-state index in [0.717, 1.165) is 30.5 Å². The van der Waals surface area contributed by atoms with Crippen molar-refractivity contribution in [3.8, 4) is 66.8 Å². The Labute approximate surface area is 420 Å². The van der Waals surface area contributed by atoms with E-state index >= 15 is 0 Å². The minimum absolute atomic E-state index is 0.0870. The van der Waals surface area contributed by atoms with Crippen molar-refractivity contribution in [2.75, 3.05) is 4.90 Å². The van der Waals surface area contributed by atoms with Crippen LogP contribution in [0.3, 0.4) is 0 Å². The lowest BCUT2D eigenvalue weighted by molar-refractivity contribution is 0.660. The van der Waals surface area contributed by atoms with Crippen LogP contribution in [-0.2, 0) is 16.2 Å². The first-order valence-corrected chi connectivity index (χ1v) is 25.5. The molecule has 0 aromatic heterocycles. The lowest BCUT2D eigenvalue weighted by Gasteiger charge is -2.26. The number of nitrogens with zero attached hydrogens (tertiary/aromatic N) is 1. The molecule has 9 aromatic rings. The Balaban J connectivity index is 0.900. The molecule has 326 valence electrons. The minimum Gasteiger partial charge on any atom is -0.311 e. The van der Waals surface area contributed by atoms with Crippen LogP contribution in [0.2, 0.25) is 0 Å². The number of hydrogen-bond acceptors (Lipinski definition) is 1. The van der Waals surface area contributed by atoms with Crippen LogP contribution in [-0.4, -0.2) is 0 Å². The molecule has 9 aromatic carbocycles. The summed E-state index contributed by atoms with van der Waals surface area (Å²) in [5.74, 6) is 0. The molecule has 0 aliphatic heterocycles. The Morgan fingerprint density at radius 2 is 0.463 bits per heavy atom. The van der Waals surface area contributed by atoms with Gasteiger partial charge in [-0.15, -0.1) is 0 Å². The molecule has 0 N–H and O–H groups in total. The second kappa shape index (κ2) is 15.4. The maximum atomic E-state index is 3.73. The molecular formula is C63H48Br3N. The van der Waals surface area contributed by atoms with Crippen LogP contribution in [0.1, 0.15) is 74.9 Å². The summed E-state index contributed by atoms with van der Waals surface area (Å²) in [4.78, 5) is 2.39. The molecular weight excluding hydrogens is 1010 g/mol. The summed E-state index contributed by atoms with van der Waals surface area (Å²) in [6.45, 7) is 14.1. The highest BCUT2D eigenvalue weighted by molar-refractivity contribution is 9.11. The van der Waals surface area contributed by atoms with Crippen molar-refractivity contribution >= 4 is 64.9 Å². The third-order valence-electron chi connectivity index (χ3n) is 15.3. The number of anilines is 3. The van der Waals surface area contributed by atoms with E-state index < -0.39 is 0 Å². The molecule has 3 aliphatic carbocycles. The number of hydrogen-bond donors (Lipinski definition) is 0. The van der Waals surface area contributed by atoms with E-state index in [4.69, 9.17) is 0 Å². The molecule has 0 saturated carbocycles. The van der Waals surface area contributed by atoms with E-state index in [-0.39, 0.29) is 16.2 Å². The van der Waals surface area contributed by atoms with Crippen molar-refractivity contribution in [3.05, 3.63) is 229 Å². The molecule has 4 heteroatoms. The van der Waals surface area contributed by atoms with Crippen molar-refractivity contribution in [2.24, 2.45) is 0 Å². The Hall–Kier alpha value is -5.78. The fraction of sp³-hybridized carbons (Fsp3) is 0.143. The summed E-state index contributed by atoms with van der Waals surface area (Å²) in [6, 6.07) is 68.4. The zero-order chi connectivity index (χ0) is 46.1. The third-order valence-corrected chi connectivity index (χ3v) is 16.8. The summed E-state index contributed by atoms with van der Waals surface area (Å²) in [6.07, 6.45) is 0. The highest BCUT2D eigenvalue weighted by Gasteiger charge is 2.38. The quantitative estimate of drug-likeness (QED) is 0.160. The molecule has 3 aliphatic rings. The molecule has 0 spiro atoms. The Bertz CT molecular complexity index is 3130. The highest BCUT2D eigenvalue weighted by atomic mass is 79.9. The molecule has 12 rings (SSSR count). The second-order valence-corrected chi connectivity index (χ2v) is 22.9. The van der Waals surface area contributed by atoms with Gasteiger partial charge in [-0.1, -0.05) is 180 Å². The SMILES string of the molecule is CC1(C)c2cc(Br)ccc2-c2ccc(-c3ccc(N(c4ccc(-c5ccc6c(c5)C(C)(C)c5cc(Br)ccc5-6)cc4)c4ccc(-c5ccc6c(c5)C(C)(C)c5cc(Br)ccc5-6)cc4)cc3)cc21. The van der Waals surface area contributed by atoms with Crippen molar-refractivity contribution in [3.63, 3.8) is 0 Å². The monoisotopic (exact) mass is 1060 g/mol. The zero-order valence-corrected chi connectivity index (χ0v) is 43.2. The maximum absolute atomic E-state index is 3.73. The first kappa shape index (κ1) is 42.6. The molecule has 67 heavy (non-hydrogen) atoms. The van der Waals surface area contributed by atoms with Crippen molar-refractivity contribution < 1.29 is 0 Å².